The van der Waals surface area contributed by atoms with Crippen molar-refractivity contribution in [2.75, 3.05) is 7.11 Å². The molecule has 2 aromatic carbocycles. The summed E-state index contributed by atoms with van der Waals surface area (Å²) in [5.74, 6) is 2.42. The van der Waals surface area contributed by atoms with Crippen LogP contribution < -0.4 is 4.74 Å². The maximum absolute atomic E-state index is 14.8. The Balaban J connectivity index is 1.56. The van der Waals surface area contributed by atoms with Gasteiger partial charge in [-0.05, 0) is 91.2 Å². The molecule has 0 N–H and O–H groups in total. The van der Waals surface area contributed by atoms with Crippen molar-refractivity contribution in [2.24, 2.45) is 17.8 Å². The third-order valence-electron chi connectivity index (χ3n) is 6.79. The largest absolute Gasteiger partial charge is 0.497 e. The minimum atomic E-state index is -0.463. The first-order valence-electron chi connectivity index (χ1n) is 10.2. The standard InChI is InChI=1S/C24H28F2O/c1-15-3-4-18-12-19(6-5-17(18)11-15)20-13-22(25)24(23(26)14-20)16-7-9-21(27-2)10-8-16/h7-10,13-15,17-19H,3-6,11-12H2,1-2H3/t15?,17-,18-,19-/m1/s1. The lowest BCUT2D eigenvalue weighted by Gasteiger charge is -2.41. The second kappa shape index (κ2) is 7.61. The van der Waals surface area contributed by atoms with Gasteiger partial charge in [-0.2, -0.15) is 0 Å². The van der Waals surface area contributed by atoms with Gasteiger partial charge in [-0.3, -0.25) is 0 Å². The number of benzene rings is 2. The third kappa shape index (κ3) is 3.74. The van der Waals surface area contributed by atoms with E-state index >= 15 is 0 Å². The number of hydrogen-bond acceptors (Lipinski definition) is 1. The molecule has 0 saturated heterocycles. The van der Waals surface area contributed by atoms with Crippen LogP contribution in [-0.2, 0) is 0 Å². The Morgan fingerprint density at radius 3 is 2.15 bits per heavy atom. The lowest BCUT2D eigenvalue weighted by molar-refractivity contribution is 0.124. The first-order valence-corrected chi connectivity index (χ1v) is 10.2. The smallest absolute Gasteiger partial charge is 0.134 e. The van der Waals surface area contributed by atoms with E-state index in [0.29, 0.717) is 11.3 Å². The summed E-state index contributed by atoms with van der Waals surface area (Å²) in [5.41, 5.74) is 1.43. The zero-order valence-corrected chi connectivity index (χ0v) is 16.2. The molecular formula is C24H28F2O. The number of fused-ring (bicyclic) bond motifs is 1. The van der Waals surface area contributed by atoms with Gasteiger partial charge in [-0.25, -0.2) is 8.78 Å². The highest BCUT2D eigenvalue weighted by atomic mass is 19.1. The number of halogens is 2. The Morgan fingerprint density at radius 1 is 0.852 bits per heavy atom. The fraction of sp³-hybridized carbons (Fsp3) is 0.500. The molecule has 4 rings (SSSR count). The maximum atomic E-state index is 14.8. The van der Waals surface area contributed by atoms with Crippen molar-refractivity contribution in [1.82, 2.24) is 0 Å². The molecule has 1 nitrogen and oxygen atoms in total. The highest BCUT2D eigenvalue weighted by Gasteiger charge is 2.35. The fourth-order valence-electron chi connectivity index (χ4n) is 5.29. The molecule has 2 aliphatic carbocycles. The van der Waals surface area contributed by atoms with Gasteiger partial charge in [0.25, 0.3) is 0 Å². The zero-order valence-electron chi connectivity index (χ0n) is 16.2. The van der Waals surface area contributed by atoms with E-state index in [1.165, 1.54) is 25.7 Å². The predicted molar refractivity (Wildman–Crippen MR) is 105 cm³/mol. The van der Waals surface area contributed by atoms with Crippen molar-refractivity contribution in [3.63, 3.8) is 0 Å². The van der Waals surface area contributed by atoms with Crippen LogP contribution in [-0.4, -0.2) is 7.11 Å². The number of rotatable bonds is 3. The van der Waals surface area contributed by atoms with Gasteiger partial charge in [-0.15, -0.1) is 0 Å². The molecule has 4 atom stereocenters. The van der Waals surface area contributed by atoms with E-state index in [1.54, 1.807) is 43.5 Å². The van der Waals surface area contributed by atoms with Crippen molar-refractivity contribution in [2.45, 2.75) is 51.4 Å². The molecule has 3 heteroatoms. The van der Waals surface area contributed by atoms with Crippen molar-refractivity contribution >= 4 is 0 Å². The van der Waals surface area contributed by atoms with Crippen LogP contribution in [0.15, 0.2) is 36.4 Å². The fourth-order valence-corrected chi connectivity index (χ4v) is 5.29. The molecule has 0 spiro atoms. The van der Waals surface area contributed by atoms with Crippen LogP contribution in [0.25, 0.3) is 11.1 Å². The molecule has 0 bridgehead atoms. The van der Waals surface area contributed by atoms with E-state index in [0.717, 1.165) is 36.2 Å². The quantitative estimate of drug-likeness (QED) is 0.567. The molecule has 27 heavy (non-hydrogen) atoms. The van der Waals surface area contributed by atoms with Crippen molar-refractivity contribution < 1.29 is 13.5 Å². The number of hydrogen-bond donors (Lipinski definition) is 0. The lowest BCUT2D eigenvalue weighted by atomic mass is 9.64. The Morgan fingerprint density at radius 2 is 1.48 bits per heavy atom. The Hall–Kier alpha value is -1.90. The monoisotopic (exact) mass is 370 g/mol. The van der Waals surface area contributed by atoms with Gasteiger partial charge < -0.3 is 4.74 Å². The maximum Gasteiger partial charge on any atom is 0.134 e. The highest BCUT2D eigenvalue weighted by Crippen LogP contribution is 2.48. The van der Waals surface area contributed by atoms with Crippen LogP contribution in [0.4, 0.5) is 8.78 Å². The van der Waals surface area contributed by atoms with E-state index < -0.39 is 11.6 Å². The average molecular weight is 370 g/mol. The molecule has 1 unspecified atom stereocenters. The highest BCUT2D eigenvalue weighted by molar-refractivity contribution is 5.66. The van der Waals surface area contributed by atoms with Crippen molar-refractivity contribution in [3.05, 3.63) is 53.6 Å². The van der Waals surface area contributed by atoms with Crippen LogP contribution in [0.1, 0.15) is 56.9 Å². The average Bonchev–Trinajstić information content (AvgIpc) is 2.67. The molecule has 2 saturated carbocycles. The molecule has 2 fully saturated rings. The Bertz CT molecular complexity index is 776. The summed E-state index contributed by atoms with van der Waals surface area (Å²) in [6, 6.07) is 10.0. The van der Waals surface area contributed by atoms with E-state index in [4.69, 9.17) is 4.74 Å². The molecular weight excluding hydrogens is 342 g/mol. The summed E-state index contributed by atoms with van der Waals surface area (Å²) in [6.45, 7) is 2.35. The van der Waals surface area contributed by atoms with E-state index in [2.05, 4.69) is 6.92 Å². The van der Waals surface area contributed by atoms with E-state index in [-0.39, 0.29) is 11.5 Å². The van der Waals surface area contributed by atoms with Gasteiger partial charge in [0, 0.05) is 0 Å². The topological polar surface area (TPSA) is 9.23 Å². The van der Waals surface area contributed by atoms with Crippen LogP contribution in [0.5, 0.6) is 5.75 Å². The third-order valence-corrected chi connectivity index (χ3v) is 6.79. The second-order valence-corrected chi connectivity index (χ2v) is 8.54. The normalized spacial score (nSPS) is 27.9. The number of methoxy groups -OCH3 is 1. The summed E-state index contributed by atoms with van der Waals surface area (Å²) >= 11 is 0. The van der Waals surface area contributed by atoms with Crippen LogP contribution in [0.3, 0.4) is 0 Å². The minimum absolute atomic E-state index is 0.0570. The van der Waals surface area contributed by atoms with Crippen LogP contribution >= 0.6 is 0 Å². The molecule has 2 aromatic rings. The van der Waals surface area contributed by atoms with Crippen molar-refractivity contribution in [3.8, 4) is 16.9 Å². The van der Waals surface area contributed by atoms with Crippen LogP contribution in [0.2, 0.25) is 0 Å². The zero-order chi connectivity index (χ0) is 19.0. The first kappa shape index (κ1) is 18.5. The molecule has 0 amide bonds. The van der Waals surface area contributed by atoms with Gasteiger partial charge in [0.15, 0.2) is 0 Å². The van der Waals surface area contributed by atoms with Crippen LogP contribution in [0, 0.1) is 29.4 Å². The van der Waals surface area contributed by atoms with E-state index in [9.17, 15) is 8.78 Å². The molecule has 144 valence electrons. The molecule has 2 aliphatic rings. The molecule has 0 heterocycles. The SMILES string of the molecule is COc1ccc(-c2c(F)cc([C@@H]3CC[C@@H]4CC(C)CC[C@@H]4C3)cc2F)cc1. The summed E-state index contributed by atoms with van der Waals surface area (Å²) < 4.78 is 34.8. The second-order valence-electron chi connectivity index (χ2n) is 8.54. The Labute approximate surface area is 160 Å². The van der Waals surface area contributed by atoms with Gasteiger partial charge in [-0.1, -0.05) is 25.5 Å². The van der Waals surface area contributed by atoms with Gasteiger partial charge in [0.1, 0.15) is 17.4 Å². The number of ether oxygens (including phenoxy) is 1. The molecule has 0 radical (unpaired) electrons. The predicted octanol–water partition coefficient (Wildman–Crippen LogP) is 6.96. The van der Waals surface area contributed by atoms with Crippen molar-refractivity contribution in [1.29, 1.82) is 0 Å². The molecule has 0 aromatic heterocycles. The van der Waals surface area contributed by atoms with Gasteiger partial charge in [0.05, 0.1) is 12.7 Å². The summed E-state index contributed by atoms with van der Waals surface area (Å²) in [6.07, 6.45) is 7.23. The summed E-state index contributed by atoms with van der Waals surface area (Å²) in [4.78, 5) is 0. The summed E-state index contributed by atoms with van der Waals surface area (Å²) in [5, 5.41) is 0. The molecule has 0 aliphatic heterocycles. The van der Waals surface area contributed by atoms with Gasteiger partial charge in [0.2, 0.25) is 0 Å². The first-order chi connectivity index (χ1) is 13.0. The Kier molecular flexibility index (Phi) is 5.21. The van der Waals surface area contributed by atoms with Gasteiger partial charge >= 0.3 is 0 Å². The summed E-state index contributed by atoms with van der Waals surface area (Å²) in [7, 11) is 1.58. The lowest BCUT2D eigenvalue weighted by Crippen LogP contribution is -2.29. The van der Waals surface area contributed by atoms with E-state index in [1.807, 2.05) is 0 Å². The minimum Gasteiger partial charge on any atom is -0.497 e.